The first-order chi connectivity index (χ1) is 6.60. The van der Waals surface area contributed by atoms with Gasteiger partial charge in [-0.1, -0.05) is 18.7 Å². The summed E-state index contributed by atoms with van der Waals surface area (Å²) in [6, 6.07) is 6.47. The molecular weight excluding hydrogens is 179 g/mol. The largest absolute Gasteiger partial charge is 0.366 e. The molecule has 74 valence electrons. The summed E-state index contributed by atoms with van der Waals surface area (Å²) in [5.41, 5.74) is 1.79. The van der Waals surface area contributed by atoms with Gasteiger partial charge in [0, 0.05) is 6.42 Å². The van der Waals surface area contributed by atoms with Crippen molar-refractivity contribution in [3.05, 3.63) is 47.8 Å². The first-order valence-corrected chi connectivity index (χ1v) is 4.67. The Kier molecular flexibility index (Phi) is 2.16. The number of hydrogen-bond donors (Lipinski definition) is 0. The van der Waals surface area contributed by atoms with Crippen molar-refractivity contribution in [1.29, 1.82) is 0 Å². The van der Waals surface area contributed by atoms with Gasteiger partial charge in [-0.15, -0.1) is 0 Å². The molecule has 0 saturated carbocycles. The molecule has 1 aliphatic rings. The number of halogens is 1. The van der Waals surface area contributed by atoms with E-state index in [4.69, 9.17) is 4.74 Å². The van der Waals surface area contributed by atoms with Crippen LogP contribution in [-0.2, 0) is 10.3 Å². The van der Waals surface area contributed by atoms with Crippen LogP contribution in [0, 0.1) is 5.82 Å². The monoisotopic (exact) mass is 192 g/mol. The van der Waals surface area contributed by atoms with Crippen LogP contribution in [0.4, 0.5) is 4.39 Å². The lowest BCUT2D eigenvalue weighted by Gasteiger charge is -2.23. The molecule has 14 heavy (non-hydrogen) atoms. The summed E-state index contributed by atoms with van der Waals surface area (Å²) in [4.78, 5) is 0. The molecule has 0 amide bonds. The van der Waals surface area contributed by atoms with E-state index in [1.807, 2.05) is 6.92 Å². The van der Waals surface area contributed by atoms with E-state index in [0.29, 0.717) is 6.61 Å². The summed E-state index contributed by atoms with van der Waals surface area (Å²) >= 11 is 0. The Morgan fingerprint density at radius 2 is 2.00 bits per heavy atom. The standard InChI is InChI=1S/C12H13FO/c1-9-7-12(2,14-8-9)10-3-5-11(13)6-4-10/h3-6H,1,7-8H2,2H3/t12-/m1/s1. The van der Waals surface area contributed by atoms with E-state index < -0.39 is 0 Å². The molecule has 1 aliphatic heterocycles. The van der Waals surface area contributed by atoms with Gasteiger partial charge in [0.1, 0.15) is 5.82 Å². The molecule has 0 aromatic heterocycles. The average molecular weight is 192 g/mol. The van der Waals surface area contributed by atoms with Gasteiger partial charge in [-0.05, 0) is 30.2 Å². The van der Waals surface area contributed by atoms with Gasteiger partial charge < -0.3 is 4.74 Å². The molecule has 0 bridgehead atoms. The first kappa shape index (κ1) is 9.41. The second-order valence-electron chi connectivity index (χ2n) is 3.95. The lowest BCUT2D eigenvalue weighted by molar-refractivity contribution is 0.0176. The number of hydrogen-bond acceptors (Lipinski definition) is 1. The molecule has 0 N–H and O–H groups in total. The Morgan fingerprint density at radius 1 is 1.36 bits per heavy atom. The maximum absolute atomic E-state index is 12.7. The van der Waals surface area contributed by atoms with Gasteiger partial charge in [0.15, 0.2) is 0 Å². The van der Waals surface area contributed by atoms with Gasteiger partial charge in [0.05, 0.1) is 12.2 Å². The van der Waals surface area contributed by atoms with Crippen LogP contribution in [0.15, 0.2) is 36.4 Å². The summed E-state index contributed by atoms with van der Waals surface area (Å²) in [5.74, 6) is -0.214. The minimum atomic E-state index is -0.315. The van der Waals surface area contributed by atoms with Gasteiger partial charge in [-0.25, -0.2) is 4.39 Å². The van der Waals surface area contributed by atoms with Crippen molar-refractivity contribution in [2.45, 2.75) is 18.9 Å². The number of rotatable bonds is 1. The van der Waals surface area contributed by atoms with Crippen molar-refractivity contribution in [3.63, 3.8) is 0 Å². The lowest BCUT2D eigenvalue weighted by atomic mass is 9.92. The summed E-state index contributed by atoms with van der Waals surface area (Å²) in [5, 5.41) is 0. The van der Waals surface area contributed by atoms with Crippen molar-refractivity contribution < 1.29 is 9.13 Å². The van der Waals surface area contributed by atoms with Crippen LogP contribution in [0.2, 0.25) is 0 Å². The van der Waals surface area contributed by atoms with Crippen LogP contribution < -0.4 is 0 Å². The predicted octanol–water partition coefficient (Wildman–Crippen LogP) is 3.02. The third kappa shape index (κ3) is 1.58. The zero-order chi connectivity index (χ0) is 10.2. The van der Waals surface area contributed by atoms with Gasteiger partial charge in [-0.2, -0.15) is 0 Å². The number of ether oxygens (including phenoxy) is 1. The Labute approximate surface area is 83.2 Å². The fourth-order valence-corrected chi connectivity index (χ4v) is 1.83. The third-order valence-corrected chi connectivity index (χ3v) is 2.64. The van der Waals surface area contributed by atoms with E-state index in [1.165, 1.54) is 12.1 Å². The Morgan fingerprint density at radius 3 is 2.50 bits per heavy atom. The molecule has 2 heteroatoms. The van der Waals surface area contributed by atoms with Crippen LogP contribution in [0.3, 0.4) is 0 Å². The van der Waals surface area contributed by atoms with Crippen molar-refractivity contribution in [2.75, 3.05) is 6.61 Å². The molecule has 0 spiro atoms. The highest BCUT2D eigenvalue weighted by molar-refractivity contribution is 5.26. The van der Waals surface area contributed by atoms with E-state index in [0.717, 1.165) is 17.6 Å². The van der Waals surface area contributed by atoms with Crippen molar-refractivity contribution in [3.8, 4) is 0 Å². The maximum atomic E-state index is 12.7. The molecule has 2 rings (SSSR count). The minimum absolute atomic E-state index is 0.214. The Bertz CT molecular complexity index is 355. The van der Waals surface area contributed by atoms with E-state index >= 15 is 0 Å². The summed E-state index contributed by atoms with van der Waals surface area (Å²) < 4.78 is 18.4. The molecule has 1 nitrogen and oxygen atoms in total. The van der Waals surface area contributed by atoms with E-state index in [-0.39, 0.29) is 11.4 Å². The highest BCUT2D eigenvalue weighted by atomic mass is 19.1. The van der Waals surface area contributed by atoms with Gasteiger partial charge >= 0.3 is 0 Å². The molecule has 1 saturated heterocycles. The van der Waals surface area contributed by atoms with Crippen LogP contribution >= 0.6 is 0 Å². The highest BCUT2D eigenvalue weighted by Gasteiger charge is 2.33. The molecule has 0 aliphatic carbocycles. The zero-order valence-electron chi connectivity index (χ0n) is 8.22. The van der Waals surface area contributed by atoms with Crippen molar-refractivity contribution in [2.24, 2.45) is 0 Å². The fraction of sp³-hybridized carbons (Fsp3) is 0.333. The van der Waals surface area contributed by atoms with Crippen molar-refractivity contribution in [1.82, 2.24) is 0 Å². The quantitative estimate of drug-likeness (QED) is 0.621. The molecular formula is C12H13FO. The van der Waals surface area contributed by atoms with E-state index in [1.54, 1.807) is 12.1 Å². The van der Waals surface area contributed by atoms with Gasteiger partial charge in [0.2, 0.25) is 0 Å². The van der Waals surface area contributed by atoms with Crippen LogP contribution in [0.25, 0.3) is 0 Å². The molecule has 1 aromatic carbocycles. The fourth-order valence-electron chi connectivity index (χ4n) is 1.83. The van der Waals surface area contributed by atoms with Gasteiger partial charge in [0.25, 0.3) is 0 Å². The second-order valence-corrected chi connectivity index (χ2v) is 3.95. The molecule has 0 unspecified atom stereocenters. The molecule has 1 heterocycles. The highest BCUT2D eigenvalue weighted by Crippen LogP contribution is 2.37. The van der Waals surface area contributed by atoms with Crippen LogP contribution in [-0.4, -0.2) is 6.61 Å². The SMILES string of the molecule is C=C1CO[C@@](C)(c2ccc(F)cc2)C1. The van der Waals surface area contributed by atoms with E-state index in [9.17, 15) is 4.39 Å². The summed E-state index contributed by atoms with van der Waals surface area (Å²) in [7, 11) is 0. The molecule has 1 aromatic rings. The Balaban J connectivity index is 2.30. The smallest absolute Gasteiger partial charge is 0.123 e. The van der Waals surface area contributed by atoms with Gasteiger partial charge in [-0.3, -0.25) is 0 Å². The minimum Gasteiger partial charge on any atom is -0.366 e. The Hall–Kier alpha value is -1.15. The summed E-state index contributed by atoms with van der Waals surface area (Å²) in [6.45, 7) is 6.51. The molecule has 1 atom stereocenters. The third-order valence-electron chi connectivity index (χ3n) is 2.64. The van der Waals surface area contributed by atoms with E-state index in [2.05, 4.69) is 6.58 Å². The zero-order valence-corrected chi connectivity index (χ0v) is 8.22. The normalized spacial score (nSPS) is 26.9. The summed E-state index contributed by atoms with van der Waals surface area (Å²) in [6.07, 6.45) is 0.818. The van der Waals surface area contributed by atoms with Crippen LogP contribution in [0.5, 0.6) is 0 Å². The first-order valence-electron chi connectivity index (χ1n) is 4.67. The van der Waals surface area contributed by atoms with Crippen molar-refractivity contribution >= 4 is 0 Å². The lowest BCUT2D eigenvalue weighted by Crippen LogP contribution is -2.19. The topological polar surface area (TPSA) is 9.23 Å². The molecule has 0 radical (unpaired) electrons. The maximum Gasteiger partial charge on any atom is 0.123 e. The van der Waals surface area contributed by atoms with Crippen LogP contribution in [0.1, 0.15) is 18.9 Å². The second kappa shape index (κ2) is 3.21. The molecule has 1 fully saturated rings. The average Bonchev–Trinajstić information content (AvgIpc) is 2.48. The number of benzene rings is 1. The predicted molar refractivity (Wildman–Crippen MR) is 53.5 cm³/mol.